The van der Waals surface area contributed by atoms with E-state index in [2.05, 4.69) is 10.6 Å². The minimum atomic E-state index is -0.388. The van der Waals surface area contributed by atoms with Crippen molar-refractivity contribution in [3.05, 3.63) is 69.5 Å². The average Bonchev–Trinajstić information content (AvgIpc) is 3.62. The number of thiocarbonyl (C=S) groups is 2. The van der Waals surface area contributed by atoms with Crippen LogP contribution in [0.4, 0.5) is 11.4 Å². The van der Waals surface area contributed by atoms with Gasteiger partial charge in [-0.05, 0) is 87.1 Å². The Morgan fingerprint density at radius 1 is 0.571 bits per heavy atom. The number of carbonyl (C=O) groups is 6. The Balaban J connectivity index is 1.12. The van der Waals surface area contributed by atoms with Crippen molar-refractivity contribution in [2.45, 2.75) is 90.9 Å². The van der Waals surface area contributed by atoms with Gasteiger partial charge in [0.1, 0.15) is 8.64 Å². The number of rotatable bonds is 22. The number of carbonyl (C=O) groups excluding carboxylic acids is 6. The smallest absolute Gasteiger partial charge is 0.338 e. The molecule has 0 spiro atoms. The topological polar surface area (TPSA) is 151 Å². The molecule has 2 aromatic rings. The highest BCUT2D eigenvalue weighted by Gasteiger charge is 2.41. The summed E-state index contributed by atoms with van der Waals surface area (Å²) in [6, 6.07) is 13.2. The summed E-state index contributed by atoms with van der Waals surface area (Å²) in [5.41, 5.74) is 2.04. The Hall–Kier alpha value is -4.12. The van der Waals surface area contributed by atoms with Crippen molar-refractivity contribution < 1.29 is 38.2 Å². The van der Waals surface area contributed by atoms with Gasteiger partial charge < -0.3 is 20.1 Å². The van der Waals surface area contributed by atoms with Gasteiger partial charge in [0.05, 0.1) is 34.2 Å². The van der Waals surface area contributed by atoms with E-state index in [1.165, 1.54) is 9.80 Å². The van der Waals surface area contributed by atoms with Gasteiger partial charge in [0.25, 0.3) is 11.8 Å². The van der Waals surface area contributed by atoms with Gasteiger partial charge >= 0.3 is 11.9 Å². The molecule has 2 aromatic carbocycles. The highest BCUT2D eigenvalue weighted by Crippen LogP contribution is 2.42. The van der Waals surface area contributed by atoms with Crippen molar-refractivity contribution in [3.63, 3.8) is 0 Å². The van der Waals surface area contributed by atoms with Gasteiger partial charge in [-0.15, -0.1) is 0 Å². The number of nitrogens with one attached hydrogen (secondary N) is 2. The zero-order valence-corrected chi connectivity index (χ0v) is 35.0. The van der Waals surface area contributed by atoms with Gasteiger partial charge in [-0.1, -0.05) is 87.5 Å². The zero-order chi connectivity index (χ0) is 40.5. The van der Waals surface area contributed by atoms with Gasteiger partial charge in [-0.3, -0.25) is 29.0 Å². The molecule has 0 radical (unpaired) electrons. The molecule has 2 N–H and O–H groups in total. The molecule has 0 bridgehead atoms. The summed E-state index contributed by atoms with van der Waals surface area (Å²) in [4.78, 5) is 79.3. The van der Waals surface area contributed by atoms with Gasteiger partial charge in [-0.25, -0.2) is 9.59 Å². The zero-order valence-electron chi connectivity index (χ0n) is 31.7. The summed E-state index contributed by atoms with van der Waals surface area (Å²) in [5.74, 6) is -1.71. The number of amides is 4. The quantitative estimate of drug-likeness (QED) is 0.0509. The van der Waals surface area contributed by atoms with Crippen LogP contribution in [0, 0.1) is 0 Å². The van der Waals surface area contributed by atoms with Crippen LogP contribution in [0.15, 0.2) is 58.3 Å². The van der Waals surface area contributed by atoms with Gasteiger partial charge in [-0.2, -0.15) is 0 Å². The number of unbranched alkanes of at least 4 members (excludes halogenated alkanes) is 6. The van der Waals surface area contributed by atoms with Crippen LogP contribution in [0.3, 0.4) is 0 Å². The van der Waals surface area contributed by atoms with Crippen LogP contribution in [-0.4, -0.2) is 80.3 Å². The molecular weight excluding hydrogens is 793 g/mol. The molecule has 0 atom stereocenters. The first kappa shape index (κ1) is 44.6. The highest BCUT2D eigenvalue weighted by molar-refractivity contribution is 8.29. The van der Waals surface area contributed by atoms with E-state index in [0.29, 0.717) is 109 Å². The Labute approximate surface area is 347 Å². The van der Waals surface area contributed by atoms with E-state index < -0.39 is 0 Å². The number of esters is 2. The SMILES string of the molecule is CCCCOC(=O)c1ccc(NC(=O)CCCCCN2C(=O)C(=C3SC(=S)N(CCCCCC(=O)Nc4ccc(C(=O)OCCCC)cc4)C3=O)SC2=S)cc1. The van der Waals surface area contributed by atoms with Crippen LogP contribution in [0.25, 0.3) is 0 Å². The monoisotopic (exact) mass is 840 g/mol. The lowest BCUT2D eigenvalue weighted by Gasteiger charge is -2.14. The van der Waals surface area contributed by atoms with E-state index >= 15 is 0 Å². The number of ether oxygens (including phenoxy) is 2. The van der Waals surface area contributed by atoms with E-state index in [0.717, 1.165) is 49.2 Å². The third-order valence-electron chi connectivity index (χ3n) is 8.75. The van der Waals surface area contributed by atoms with E-state index in [1.807, 2.05) is 13.8 Å². The fourth-order valence-electron chi connectivity index (χ4n) is 5.53. The lowest BCUT2D eigenvalue weighted by atomic mass is 10.1. The number of thioether (sulfide) groups is 2. The summed E-state index contributed by atoms with van der Waals surface area (Å²) >= 11 is 13.2. The molecule has 0 saturated carbocycles. The van der Waals surface area contributed by atoms with Crippen molar-refractivity contribution in [2.24, 2.45) is 0 Å². The highest BCUT2D eigenvalue weighted by atomic mass is 32.2. The molecule has 2 saturated heterocycles. The summed E-state index contributed by atoms with van der Waals surface area (Å²) in [6.45, 7) is 5.55. The molecule has 4 amide bonds. The standard InChI is InChI=1S/C40H48N4O8S4/c1-3-5-25-51-37(49)27-15-19-29(20-16-27)41-31(45)13-9-7-11-23-43-35(47)33(55-39(43)53)34-36(48)44(40(54)56-34)24-12-8-10-14-32(46)42-30-21-17-28(18-22-30)38(50)52-26-6-4-2/h15-22H,3-14,23-26H2,1-2H3,(H,41,45)(H,42,46). The second-order valence-corrected chi connectivity index (χ2v) is 16.4. The Morgan fingerprint density at radius 2 is 0.946 bits per heavy atom. The molecule has 16 heteroatoms. The first-order valence-electron chi connectivity index (χ1n) is 19.0. The average molecular weight is 841 g/mol. The fraction of sp³-hybridized carbons (Fsp3) is 0.450. The Kier molecular flexibility index (Phi) is 18.5. The molecule has 2 aliphatic heterocycles. The fourth-order valence-corrected chi connectivity index (χ4v) is 8.30. The second-order valence-electron chi connectivity index (χ2n) is 13.2. The first-order chi connectivity index (χ1) is 27.0. The van der Waals surface area contributed by atoms with Crippen LogP contribution in [0.2, 0.25) is 0 Å². The molecule has 2 heterocycles. The Morgan fingerprint density at radius 3 is 1.30 bits per heavy atom. The minimum Gasteiger partial charge on any atom is -0.462 e. The van der Waals surface area contributed by atoms with E-state index in [1.54, 1.807) is 48.5 Å². The number of anilines is 2. The maximum absolute atomic E-state index is 13.3. The predicted molar refractivity (Wildman–Crippen MR) is 228 cm³/mol. The maximum atomic E-state index is 13.3. The number of hydrogen-bond acceptors (Lipinski definition) is 12. The van der Waals surface area contributed by atoms with Gasteiger partial charge in [0, 0.05) is 37.3 Å². The molecule has 0 unspecified atom stereocenters. The van der Waals surface area contributed by atoms with Crippen molar-refractivity contribution in [1.29, 1.82) is 0 Å². The van der Waals surface area contributed by atoms with Crippen LogP contribution < -0.4 is 10.6 Å². The summed E-state index contributed by atoms with van der Waals surface area (Å²) in [5, 5.41) is 5.67. The summed E-state index contributed by atoms with van der Waals surface area (Å²) in [6.07, 6.45) is 7.94. The second kappa shape index (κ2) is 23.2. The number of benzene rings is 2. The molecule has 2 aliphatic rings. The molecule has 4 rings (SSSR count). The normalized spacial score (nSPS) is 15.4. The largest absolute Gasteiger partial charge is 0.462 e. The van der Waals surface area contributed by atoms with Crippen LogP contribution in [0.5, 0.6) is 0 Å². The molecule has 0 aliphatic carbocycles. The number of hydrogen-bond donors (Lipinski definition) is 2. The van der Waals surface area contributed by atoms with Crippen molar-refractivity contribution in [3.8, 4) is 0 Å². The van der Waals surface area contributed by atoms with Crippen molar-refractivity contribution >= 4 is 104 Å². The summed E-state index contributed by atoms with van der Waals surface area (Å²) < 4.78 is 11.2. The van der Waals surface area contributed by atoms with Crippen LogP contribution in [-0.2, 0) is 28.7 Å². The third kappa shape index (κ3) is 13.5. The molecular formula is C40H48N4O8S4. The van der Waals surface area contributed by atoms with Crippen LogP contribution >= 0.6 is 48.0 Å². The minimum absolute atomic E-state index is 0.150. The maximum Gasteiger partial charge on any atom is 0.338 e. The molecule has 2 fully saturated rings. The van der Waals surface area contributed by atoms with E-state index in [4.69, 9.17) is 33.9 Å². The molecule has 12 nitrogen and oxygen atoms in total. The van der Waals surface area contributed by atoms with Crippen LogP contribution in [0.1, 0.15) is 112 Å². The van der Waals surface area contributed by atoms with Crippen molar-refractivity contribution in [1.82, 2.24) is 9.80 Å². The molecule has 0 aromatic heterocycles. The van der Waals surface area contributed by atoms with E-state index in [9.17, 15) is 28.8 Å². The van der Waals surface area contributed by atoms with Gasteiger partial charge in [0.2, 0.25) is 11.8 Å². The number of nitrogens with zero attached hydrogens (tertiary/aromatic N) is 2. The van der Waals surface area contributed by atoms with Crippen molar-refractivity contribution in [2.75, 3.05) is 36.9 Å². The molecule has 300 valence electrons. The lowest BCUT2D eigenvalue weighted by Crippen LogP contribution is -2.31. The van der Waals surface area contributed by atoms with Gasteiger partial charge in [0.15, 0.2) is 0 Å². The lowest BCUT2D eigenvalue weighted by molar-refractivity contribution is -0.124. The third-order valence-corrected chi connectivity index (χ3v) is 11.8. The molecule has 56 heavy (non-hydrogen) atoms. The Bertz CT molecular complexity index is 1670. The predicted octanol–water partition coefficient (Wildman–Crippen LogP) is 8.23. The summed E-state index contributed by atoms with van der Waals surface area (Å²) in [7, 11) is 0. The van der Waals surface area contributed by atoms with E-state index in [-0.39, 0.29) is 45.4 Å². The first-order valence-corrected chi connectivity index (χ1v) is 21.4.